The molecule has 1 heterocycles. The Hall–Kier alpha value is -0.410. The highest BCUT2D eigenvalue weighted by molar-refractivity contribution is 7.99. The van der Waals surface area contributed by atoms with Crippen LogP contribution in [-0.4, -0.2) is 18.3 Å². The Balaban J connectivity index is 1.73. The van der Waals surface area contributed by atoms with E-state index in [4.69, 9.17) is 4.42 Å². The van der Waals surface area contributed by atoms with Crippen molar-refractivity contribution in [2.75, 3.05) is 12.3 Å². The molecule has 3 heteroatoms. The maximum atomic E-state index is 5.31. The molecule has 1 aromatic heterocycles. The lowest BCUT2D eigenvalue weighted by atomic mass is 10.0. The molecule has 1 N–H and O–H groups in total. The van der Waals surface area contributed by atoms with Gasteiger partial charge in [-0.05, 0) is 50.5 Å². The maximum Gasteiger partial charge on any atom is 0.114 e. The summed E-state index contributed by atoms with van der Waals surface area (Å²) in [5.41, 5.74) is 0. The number of hydrogen-bond donors (Lipinski definition) is 1. The number of aryl methyl sites for hydroxylation is 1. The molecule has 2 atom stereocenters. The van der Waals surface area contributed by atoms with Gasteiger partial charge in [0.25, 0.3) is 0 Å². The molecule has 1 aliphatic rings. The first-order valence-corrected chi connectivity index (χ1v) is 7.70. The highest BCUT2D eigenvalue weighted by atomic mass is 32.2. The molecule has 0 bridgehead atoms. The Morgan fingerprint density at radius 2 is 2.35 bits per heavy atom. The number of furan rings is 1. The molecule has 96 valence electrons. The summed E-state index contributed by atoms with van der Waals surface area (Å²) in [6.07, 6.45) is 7.29. The highest BCUT2D eigenvalue weighted by Gasteiger charge is 2.25. The van der Waals surface area contributed by atoms with E-state index in [1.54, 1.807) is 6.26 Å². The van der Waals surface area contributed by atoms with Crippen molar-refractivity contribution in [2.24, 2.45) is 5.92 Å². The minimum absolute atomic E-state index is 0.769. The fraction of sp³-hybridized carbons (Fsp3) is 0.714. The van der Waals surface area contributed by atoms with Crippen molar-refractivity contribution in [1.29, 1.82) is 0 Å². The third-order valence-corrected chi connectivity index (χ3v) is 4.86. The summed E-state index contributed by atoms with van der Waals surface area (Å²) in [5, 5.41) is 3.62. The van der Waals surface area contributed by atoms with E-state index in [0.29, 0.717) is 0 Å². The van der Waals surface area contributed by atoms with Crippen LogP contribution in [0.25, 0.3) is 0 Å². The van der Waals surface area contributed by atoms with Crippen molar-refractivity contribution in [2.45, 2.75) is 50.5 Å². The van der Waals surface area contributed by atoms with Crippen LogP contribution in [-0.2, 0) is 0 Å². The molecule has 0 aromatic carbocycles. The van der Waals surface area contributed by atoms with Gasteiger partial charge in [-0.15, -0.1) is 11.8 Å². The Kier molecular flexibility index (Phi) is 4.99. The molecule has 0 saturated heterocycles. The molecule has 0 aliphatic heterocycles. The smallest absolute Gasteiger partial charge is 0.114 e. The Morgan fingerprint density at radius 1 is 1.47 bits per heavy atom. The van der Waals surface area contributed by atoms with Crippen LogP contribution < -0.4 is 5.32 Å². The third kappa shape index (κ3) is 3.52. The Morgan fingerprint density at radius 3 is 3.06 bits per heavy atom. The van der Waals surface area contributed by atoms with E-state index in [9.17, 15) is 0 Å². The summed E-state index contributed by atoms with van der Waals surface area (Å²) in [4.78, 5) is 1.31. The van der Waals surface area contributed by atoms with Gasteiger partial charge in [-0.25, -0.2) is 0 Å². The lowest BCUT2D eigenvalue weighted by molar-refractivity contribution is 0.400. The minimum atomic E-state index is 0.769. The molecular formula is C14H23NOS. The molecule has 0 spiro atoms. The predicted molar refractivity (Wildman–Crippen MR) is 73.6 cm³/mol. The summed E-state index contributed by atoms with van der Waals surface area (Å²) in [6, 6.07) is 2.85. The van der Waals surface area contributed by atoms with Gasteiger partial charge < -0.3 is 9.73 Å². The minimum Gasteiger partial charge on any atom is -0.468 e. The predicted octanol–water partition coefficient (Wildman–Crippen LogP) is 3.85. The molecule has 1 aromatic rings. The Labute approximate surface area is 109 Å². The zero-order valence-electron chi connectivity index (χ0n) is 10.9. The summed E-state index contributed by atoms with van der Waals surface area (Å²) in [7, 11) is 0. The van der Waals surface area contributed by atoms with Gasteiger partial charge in [-0.1, -0.05) is 13.3 Å². The number of thioether (sulfide) groups is 1. The van der Waals surface area contributed by atoms with Crippen molar-refractivity contribution in [3.8, 4) is 0 Å². The molecule has 0 radical (unpaired) electrons. The van der Waals surface area contributed by atoms with Gasteiger partial charge in [0, 0.05) is 10.9 Å². The van der Waals surface area contributed by atoms with E-state index in [1.165, 1.54) is 36.3 Å². The quantitative estimate of drug-likeness (QED) is 0.780. The molecule has 1 aliphatic carbocycles. The van der Waals surface area contributed by atoms with E-state index >= 15 is 0 Å². The van der Waals surface area contributed by atoms with Crippen LogP contribution in [0.15, 0.2) is 21.6 Å². The first-order valence-electron chi connectivity index (χ1n) is 6.71. The fourth-order valence-corrected chi connectivity index (χ4v) is 3.80. The standard InChI is InChI=1S/C14H23NOS/c1-3-15-13-6-4-5-12(13)8-10-17-14-7-9-16-11(14)2/h7,9,12-13,15H,3-6,8,10H2,1-2H3. The first kappa shape index (κ1) is 13.0. The Bertz CT molecular complexity index is 337. The molecule has 1 fully saturated rings. The van der Waals surface area contributed by atoms with Crippen molar-refractivity contribution in [3.05, 3.63) is 18.1 Å². The van der Waals surface area contributed by atoms with E-state index in [0.717, 1.165) is 24.3 Å². The van der Waals surface area contributed by atoms with Gasteiger partial charge in [0.15, 0.2) is 0 Å². The molecule has 2 rings (SSSR count). The van der Waals surface area contributed by atoms with Crippen LogP contribution in [0.2, 0.25) is 0 Å². The van der Waals surface area contributed by atoms with E-state index < -0.39 is 0 Å². The average molecular weight is 253 g/mol. The van der Waals surface area contributed by atoms with Crippen molar-refractivity contribution in [1.82, 2.24) is 5.32 Å². The average Bonchev–Trinajstić information content (AvgIpc) is 2.90. The molecule has 17 heavy (non-hydrogen) atoms. The van der Waals surface area contributed by atoms with Gasteiger partial charge in [-0.3, -0.25) is 0 Å². The van der Waals surface area contributed by atoms with Crippen LogP contribution in [0.4, 0.5) is 0 Å². The monoisotopic (exact) mass is 253 g/mol. The SMILES string of the molecule is CCNC1CCCC1CCSc1ccoc1C. The molecule has 1 saturated carbocycles. The van der Waals surface area contributed by atoms with Crippen molar-refractivity contribution in [3.63, 3.8) is 0 Å². The molecular weight excluding hydrogens is 230 g/mol. The first-order chi connectivity index (χ1) is 8.31. The van der Waals surface area contributed by atoms with Gasteiger partial charge in [0.1, 0.15) is 5.76 Å². The normalized spacial score (nSPS) is 24.4. The second-order valence-corrected chi connectivity index (χ2v) is 5.97. The van der Waals surface area contributed by atoms with Crippen molar-refractivity contribution < 1.29 is 4.42 Å². The summed E-state index contributed by atoms with van der Waals surface area (Å²) in [5.74, 6) is 3.16. The zero-order chi connectivity index (χ0) is 12.1. The van der Waals surface area contributed by atoms with Crippen LogP contribution in [0, 0.1) is 12.8 Å². The van der Waals surface area contributed by atoms with E-state index in [-0.39, 0.29) is 0 Å². The lowest BCUT2D eigenvalue weighted by Crippen LogP contribution is -2.32. The largest absolute Gasteiger partial charge is 0.468 e. The molecule has 2 unspecified atom stereocenters. The van der Waals surface area contributed by atoms with Crippen LogP contribution in [0.5, 0.6) is 0 Å². The number of nitrogens with one attached hydrogen (secondary N) is 1. The van der Waals surface area contributed by atoms with E-state index in [2.05, 4.69) is 18.3 Å². The molecule has 2 nitrogen and oxygen atoms in total. The topological polar surface area (TPSA) is 25.2 Å². The number of rotatable bonds is 6. The van der Waals surface area contributed by atoms with Crippen LogP contribution >= 0.6 is 11.8 Å². The second kappa shape index (κ2) is 6.50. The van der Waals surface area contributed by atoms with Gasteiger partial charge in [-0.2, -0.15) is 0 Å². The van der Waals surface area contributed by atoms with Crippen molar-refractivity contribution >= 4 is 11.8 Å². The van der Waals surface area contributed by atoms with E-state index in [1.807, 2.05) is 18.7 Å². The summed E-state index contributed by atoms with van der Waals surface area (Å²) < 4.78 is 5.31. The maximum absolute atomic E-state index is 5.31. The highest BCUT2D eigenvalue weighted by Crippen LogP contribution is 2.31. The van der Waals surface area contributed by atoms with Crippen LogP contribution in [0.1, 0.15) is 38.4 Å². The lowest BCUT2D eigenvalue weighted by Gasteiger charge is -2.19. The summed E-state index contributed by atoms with van der Waals surface area (Å²) >= 11 is 1.94. The molecule has 0 amide bonds. The van der Waals surface area contributed by atoms with Gasteiger partial charge >= 0.3 is 0 Å². The zero-order valence-corrected chi connectivity index (χ0v) is 11.7. The van der Waals surface area contributed by atoms with Gasteiger partial charge in [0.05, 0.1) is 6.26 Å². The van der Waals surface area contributed by atoms with Gasteiger partial charge in [0.2, 0.25) is 0 Å². The van der Waals surface area contributed by atoms with Crippen LogP contribution in [0.3, 0.4) is 0 Å². The second-order valence-electron chi connectivity index (χ2n) is 4.83. The number of hydrogen-bond acceptors (Lipinski definition) is 3. The summed E-state index contributed by atoms with van der Waals surface area (Å²) in [6.45, 7) is 5.35. The third-order valence-electron chi connectivity index (χ3n) is 3.68. The fourth-order valence-electron chi connectivity index (χ4n) is 2.76.